The molecular weight excluding hydrogens is 255 g/mol. The van der Waals surface area contributed by atoms with E-state index in [1.54, 1.807) is 18.3 Å². The number of rotatable bonds is 4. The second-order valence-corrected chi connectivity index (χ2v) is 4.53. The first-order valence-electron chi connectivity index (χ1n) is 5.67. The van der Waals surface area contributed by atoms with Gasteiger partial charge in [0.1, 0.15) is 11.6 Å². The fourth-order valence-electron chi connectivity index (χ4n) is 1.84. The van der Waals surface area contributed by atoms with Gasteiger partial charge in [0.2, 0.25) is 0 Å². The Labute approximate surface area is 110 Å². The predicted molar refractivity (Wildman–Crippen MR) is 67.9 cm³/mol. The van der Waals surface area contributed by atoms with Crippen LogP contribution in [-0.2, 0) is 13.5 Å². The van der Waals surface area contributed by atoms with Gasteiger partial charge < -0.3 is 9.67 Å². The maximum atomic E-state index is 13.3. The molecule has 1 atom stereocenters. The third-order valence-electron chi connectivity index (χ3n) is 2.90. The normalized spacial score (nSPS) is 12.7. The maximum Gasteiger partial charge on any atom is 0.142 e. The summed E-state index contributed by atoms with van der Waals surface area (Å²) in [6, 6.07) is 4.45. The molecule has 0 aliphatic heterocycles. The molecule has 0 amide bonds. The van der Waals surface area contributed by atoms with E-state index in [9.17, 15) is 9.50 Å². The van der Waals surface area contributed by atoms with Gasteiger partial charge in [-0.1, -0.05) is 23.7 Å². The quantitative estimate of drug-likeness (QED) is 0.926. The smallest absolute Gasteiger partial charge is 0.142 e. The average molecular weight is 269 g/mol. The predicted octanol–water partition coefficient (Wildman–Crippen LogP) is 2.88. The molecule has 2 rings (SSSR count). The number of aliphatic hydroxyl groups is 1. The molecule has 1 heterocycles. The summed E-state index contributed by atoms with van der Waals surface area (Å²) in [5.41, 5.74) is 0.422. The number of aryl methyl sites for hydroxylation is 2. The zero-order valence-corrected chi connectivity index (χ0v) is 10.7. The van der Waals surface area contributed by atoms with Crippen LogP contribution in [0, 0.1) is 5.82 Å². The Balaban J connectivity index is 2.06. The number of nitrogens with zero attached hydrogens (tertiary/aromatic N) is 2. The Kier molecular flexibility index (Phi) is 3.99. The molecule has 96 valence electrons. The molecule has 0 fully saturated rings. The lowest BCUT2D eigenvalue weighted by Crippen LogP contribution is -2.04. The molecule has 0 saturated carbocycles. The van der Waals surface area contributed by atoms with Crippen molar-refractivity contribution in [1.82, 2.24) is 9.55 Å². The van der Waals surface area contributed by atoms with Crippen molar-refractivity contribution in [1.29, 1.82) is 0 Å². The molecule has 5 heteroatoms. The molecule has 0 spiro atoms. The van der Waals surface area contributed by atoms with Crippen LogP contribution in [0.3, 0.4) is 0 Å². The van der Waals surface area contributed by atoms with Crippen molar-refractivity contribution in [2.24, 2.45) is 7.05 Å². The van der Waals surface area contributed by atoms with Crippen LogP contribution in [0.1, 0.15) is 23.9 Å². The Morgan fingerprint density at radius 3 is 2.94 bits per heavy atom. The summed E-state index contributed by atoms with van der Waals surface area (Å²) < 4.78 is 15.1. The molecule has 18 heavy (non-hydrogen) atoms. The molecule has 1 N–H and O–H groups in total. The Morgan fingerprint density at radius 2 is 2.28 bits per heavy atom. The summed E-state index contributed by atoms with van der Waals surface area (Å²) in [6.45, 7) is 0. The Morgan fingerprint density at radius 1 is 1.50 bits per heavy atom. The summed E-state index contributed by atoms with van der Waals surface area (Å²) in [5, 5.41) is 10.0. The lowest BCUT2D eigenvalue weighted by Gasteiger charge is -2.12. The van der Waals surface area contributed by atoms with E-state index in [4.69, 9.17) is 11.6 Å². The third-order valence-corrected chi connectivity index (χ3v) is 3.30. The molecule has 0 aliphatic carbocycles. The van der Waals surface area contributed by atoms with Crippen LogP contribution in [0.2, 0.25) is 5.02 Å². The van der Waals surface area contributed by atoms with Gasteiger partial charge in [-0.3, -0.25) is 0 Å². The minimum atomic E-state index is -0.787. The van der Waals surface area contributed by atoms with Gasteiger partial charge in [-0.2, -0.15) is 0 Å². The lowest BCUT2D eigenvalue weighted by atomic mass is 10.0. The number of imidazole rings is 1. The first-order chi connectivity index (χ1) is 8.59. The van der Waals surface area contributed by atoms with E-state index in [2.05, 4.69) is 4.98 Å². The summed E-state index contributed by atoms with van der Waals surface area (Å²) in [6.07, 6.45) is 3.82. The van der Waals surface area contributed by atoms with Gasteiger partial charge in [0.25, 0.3) is 0 Å². The van der Waals surface area contributed by atoms with E-state index < -0.39 is 11.9 Å². The topological polar surface area (TPSA) is 38.0 Å². The molecule has 0 bridgehead atoms. The number of hydrogen-bond donors (Lipinski definition) is 1. The van der Waals surface area contributed by atoms with Crippen molar-refractivity contribution in [2.75, 3.05) is 0 Å². The molecular formula is C13H14ClFN2O. The molecule has 2 aromatic rings. The van der Waals surface area contributed by atoms with E-state index in [-0.39, 0.29) is 5.02 Å². The van der Waals surface area contributed by atoms with E-state index >= 15 is 0 Å². The number of benzene rings is 1. The second-order valence-electron chi connectivity index (χ2n) is 4.15. The van der Waals surface area contributed by atoms with Crippen LogP contribution < -0.4 is 0 Å². The third kappa shape index (κ3) is 2.71. The lowest BCUT2D eigenvalue weighted by molar-refractivity contribution is 0.166. The average Bonchev–Trinajstić information content (AvgIpc) is 2.75. The van der Waals surface area contributed by atoms with Crippen molar-refractivity contribution in [3.05, 3.63) is 52.8 Å². The number of hydrogen-bond acceptors (Lipinski definition) is 2. The van der Waals surface area contributed by atoms with Crippen LogP contribution in [0.15, 0.2) is 30.6 Å². The fraction of sp³-hybridized carbons (Fsp3) is 0.308. The van der Waals surface area contributed by atoms with Crippen LogP contribution in [-0.4, -0.2) is 14.7 Å². The highest BCUT2D eigenvalue weighted by Gasteiger charge is 2.15. The van der Waals surface area contributed by atoms with E-state index in [0.29, 0.717) is 18.4 Å². The van der Waals surface area contributed by atoms with Crippen molar-refractivity contribution in [2.45, 2.75) is 18.9 Å². The van der Waals surface area contributed by atoms with Gasteiger partial charge in [0.15, 0.2) is 0 Å². The number of aromatic nitrogens is 2. The highest BCUT2D eigenvalue weighted by Crippen LogP contribution is 2.28. The SMILES string of the molecule is Cn1ccnc1CCC(O)c1cccc(F)c1Cl. The molecule has 0 saturated heterocycles. The zero-order chi connectivity index (χ0) is 13.1. The van der Waals surface area contributed by atoms with Crippen LogP contribution >= 0.6 is 11.6 Å². The standard InChI is InChI=1S/C13H14ClFN2O/c1-17-8-7-16-12(17)6-5-11(18)9-3-2-4-10(15)13(9)14/h2-4,7-8,11,18H,5-6H2,1H3. The van der Waals surface area contributed by atoms with Gasteiger partial charge in [0, 0.05) is 31.4 Å². The fourth-order valence-corrected chi connectivity index (χ4v) is 2.09. The highest BCUT2D eigenvalue weighted by atomic mass is 35.5. The van der Waals surface area contributed by atoms with Crippen molar-refractivity contribution in [3.8, 4) is 0 Å². The number of aliphatic hydroxyl groups excluding tert-OH is 1. The van der Waals surface area contributed by atoms with Crippen LogP contribution in [0.5, 0.6) is 0 Å². The van der Waals surface area contributed by atoms with Gasteiger partial charge >= 0.3 is 0 Å². The first-order valence-corrected chi connectivity index (χ1v) is 6.05. The zero-order valence-electron chi connectivity index (χ0n) is 9.98. The molecule has 3 nitrogen and oxygen atoms in total. The second kappa shape index (κ2) is 5.50. The number of halogens is 2. The first kappa shape index (κ1) is 13.1. The molecule has 0 aliphatic rings. The Hall–Kier alpha value is -1.39. The minimum absolute atomic E-state index is 0.00941. The van der Waals surface area contributed by atoms with E-state index in [0.717, 1.165) is 5.82 Å². The maximum absolute atomic E-state index is 13.3. The van der Waals surface area contributed by atoms with Crippen molar-refractivity contribution >= 4 is 11.6 Å². The van der Waals surface area contributed by atoms with Gasteiger partial charge in [0.05, 0.1) is 11.1 Å². The van der Waals surface area contributed by atoms with E-state index in [1.165, 1.54) is 6.07 Å². The Bertz CT molecular complexity index is 542. The van der Waals surface area contributed by atoms with Crippen LogP contribution in [0.25, 0.3) is 0 Å². The largest absolute Gasteiger partial charge is 0.388 e. The molecule has 1 aromatic carbocycles. The molecule has 1 unspecified atom stereocenters. The van der Waals surface area contributed by atoms with E-state index in [1.807, 2.05) is 17.8 Å². The monoisotopic (exact) mass is 268 g/mol. The van der Waals surface area contributed by atoms with Gasteiger partial charge in [-0.05, 0) is 12.5 Å². The minimum Gasteiger partial charge on any atom is -0.388 e. The summed E-state index contributed by atoms with van der Waals surface area (Å²) in [5.74, 6) is 0.367. The van der Waals surface area contributed by atoms with Gasteiger partial charge in [-0.25, -0.2) is 9.37 Å². The molecule has 1 aromatic heterocycles. The summed E-state index contributed by atoms with van der Waals surface area (Å²) >= 11 is 5.82. The van der Waals surface area contributed by atoms with Gasteiger partial charge in [-0.15, -0.1) is 0 Å². The van der Waals surface area contributed by atoms with Crippen molar-refractivity contribution < 1.29 is 9.50 Å². The van der Waals surface area contributed by atoms with Crippen LogP contribution in [0.4, 0.5) is 4.39 Å². The summed E-state index contributed by atoms with van der Waals surface area (Å²) in [4.78, 5) is 4.17. The summed E-state index contributed by atoms with van der Waals surface area (Å²) in [7, 11) is 1.89. The molecule has 0 radical (unpaired) electrons. The highest BCUT2D eigenvalue weighted by molar-refractivity contribution is 6.31. The van der Waals surface area contributed by atoms with Crippen molar-refractivity contribution in [3.63, 3.8) is 0 Å².